The van der Waals surface area contributed by atoms with Gasteiger partial charge in [-0.05, 0) is 19.8 Å². The summed E-state index contributed by atoms with van der Waals surface area (Å²) in [6.45, 7) is 2.66. The third kappa shape index (κ3) is 3.06. The molecule has 4 rings (SSSR count). The third-order valence-electron chi connectivity index (χ3n) is 5.41. The topological polar surface area (TPSA) is 115 Å². The van der Waals surface area contributed by atoms with E-state index in [2.05, 4.69) is 15.4 Å². The molecule has 5 N–H and O–H groups in total. The van der Waals surface area contributed by atoms with Crippen LogP contribution in [0.5, 0.6) is 0 Å². The molecule has 2 atom stereocenters. The summed E-state index contributed by atoms with van der Waals surface area (Å²) in [4.78, 5) is 17.0. The number of halogens is 1. The van der Waals surface area contributed by atoms with Crippen LogP contribution in [0, 0.1) is 5.82 Å². The van der Waals surface area contributed by atoms with Crippen molar-refractivity contribution in [1.29, 1.82) is 0 Å². The number of hydrogen-bond donors (Lipinski definition) is 3. The Morgan fingerprint density at radius 2 is 2.15 bits per heavy atom. The normalized spacial score (nSPS) is 22.2. The molecule has 3 heterocycles. The number of amides is 1. The summed E-state index contributed by atoms with van der Waals surface area (Å²) in [5.74, 6) is 4.92. The van der Waals surface area contributed by atoms with Crippen LogP contribution in [0.3, 0.4) is 0 Å². The zero-order valence-electron chi connectivity index (χ0n) is 15.3. The fourth-order valence-corrected chi connectivity index (χ4v) is 3.85. The van der Waals surface area contributed by atoms with Gasteiger partial charge in [0.1, 0.15) is 0 Å². The number of nitrogens with zero attached hydrogens (tertiary/aromatic N) is 4. The van der Waals surface area contributed by atoms with Crippen LogP contribution in [-0.2, 0) is 13.1 Å². The molecular weight excluding hydrogens is 349 g/mol. The van der Waals surface area contributed by atoms with E-state index in [4.69, 9.17) is 11.6 Å². The summed E-state index contributed by atoms with van der Waals surface area (Å²) in [5.41, 5.74) is 7.73. The number of carbonyl (C=O) groups is 1. The molecule has 1 aliphatic carbocycles. The molecule has 0 saturated heterocycles. The highest BCUT2D eigenvalue weighted by Gasteiger charge is 2.35. The Kier molecular flexibility index (Phi) is 4.56. The molecule has 0 spiro atoms. The quantitative estimate of drug-likeness (QED) is 0.554. The maximum absolute atomic E-state index is 15.1. The lowest BCUT2D eigenvalue weighted by atomic mass is 9.91. The van der Waals surface area contributed by atoms with Gasteiger partial charge in [0.2, 0.25) is 0 Å². The van der Waals surface area contributed by atoms with Crippen molar-refractivity contribution in [3.63, 3.8) is 0 Å². The van der Waals surface area contributed by atoms with Crippen molar-refractivity contribution in [2.45, 2.75) is 57.8 Å². The highest BCUT2D eigenvalue weighted by atomic mass is 19.1. The first-order valence-corrected chi connectivity index (χ1v) is 9.33. The maximum atomic E-state index is 15.1. The summed E-state index contributed by atoms with van der Waals surface area (Å²) < 4.78 is 16.9. The van der Waals surface area contributed by atoms with Crippen LogP contribution in [0.15, 0.2) is 12.4 Å². The molecule has 0 unspecified atom stereocenters. The van der Waals surface area contributed by atoms with Crippen molar-refractivity contribution in [2.24, 2.45) is 11.6 Å². The lowest BCUT2D eigenvalue weighted by molar-refractivity contribution is 0.0779. The van der Waals surface area contributed by atoms with Gasteiger partial charge < -0.3 is 11.1 Å². The lowest BCUT2D eigenvalue weighted by Crippen LogP contribution is -2.43. The predicted molar refractivity (Wildman–Crippen MR) is 99.0 cm³/mol. The molecule has 1 amide bonds. The molecule has 8 nitrogen and oxygen atoms in total. The van der Waals surface area contributed by atoms with E-state index in [9.17, 15) is 4.79 Å². The number of hydrogen-bond acceptors (Lipinski definition) is 6. The number of hydrazine groups is 1. The van der Waals surface area contributed by atoms with Gasteiger partial charge >= 0.3 is 0 Å². The first-order chi connectivity index (χ1) is 13.0. The molecule has 1 fully saturated rings. The van der Waals surface area contributed by atoms with E-state index in [1.165, 1.54) is 0 Å². The fourth-order valence-electron chi connectivity index (χ4n) is 3.85. The van der Waals surface area contributed by atoms with Crippen molar-refractivity contribution < 1.29 is 9.18 Å². The highest BCUT2D eigenvalue weighted by Crippen LogP contribution is 2.35. The second-order valence-electron chi connectivity index (χ2n) is 7.19. The monoisotopic (exact) mass is 373 g/mol. The van der Waals surface area contributed by atoms with Gasteiger partial charge in [-0.25, -0.2) is 15.2 Å². The number of nitrogens with two attached hydrogens (primary N) is 2. The number of carbonyl (C=O) groups excluding carboxylic acids is 1. The molecular formula is C18H24FN7O. The second-order valence-corrected chi connectivity index (χ2v) is 7.19. The molecule has 0 radical (unpaired) electrons. The molecule has 27 heavy (non-hydrogen) atoms. The Hall–Kier alpha value is -2.52. The number of rotatable bonds is 4. The van der Waals surface area contributed by atoms with Gasteiger partial charge in [-0.1, -0.05) is 12.8 Å². The fraction of sp³-hybridized carbons (Fsp3) is 0.500. The first-order valence-electron chi connectivity index (χ1n) is 9.33. The Morgan fingerprint density at radius 1 is 1.37 bits per heavy atom. The average Bonchev–Trinajstić information content (AvgIpc) is 3.25. The zero-order chi connectivity index (χ0) is 19.1. The van der Waals surface area contributed by atoms with Crippen molar-refractivity contribution in [2.75, 3.05) is 5.32 Å². The minimum atomic E-state index is -0.532. The highest BCUT2D eigenvalue weighted by molar-refractivity contribution is 6.03. The SMILES string of the molecule is CCn1cc(-c2nc(N[C@@H]3CCCC[C@@H]3N)c(F)c3c2C(=O)N(N)C3)cn1. The molecule has 1 saturated carbocycles. The lowest BCUT2D eigenvalue weighted by Gasteiger charge is -2.30. The molecule has 2 aliphatic rings. The molecule has 0 aromatic carbocycles. The molecule has 0 bridgehead atoms. The van der Waals surface area contributed by atoms with Gasteiger partial charge in [0.25, 0.3) is 5.91 Å². The standard InChI is InChI=1S/C18H24FN7O/c1-2-25-8-10(7-22-25)16-14-11(9-26(21)18(14)27)15(19)17(24-16)23-13-6-4-3-5-12(13)20/h7-8,12-13H,2-6,9,20-21H2,1H3,(H,23,24)/t12-,13+/m0/s1. The van der Waals surface area contributed by atoms with Crippen LogP contribution < -0.4 is 16.9 Å². The molecule has 1 aliphatic heterocycles. The van der Waals surface area contributed by atoms with Gasteiger partial charge in [-0.3, -0.25) is 14.5 Å². The van der Waals surface area contributed by atoms with E-state index in [1.807, 2.05) is 6.92 Å². The van der Waals surface area contributed by atoms with Gasteiger partial charge in [0.05, 0.1) is 24.0 Å². The average molecular weight is 373 g/mol. The van der Waals surface area contributed by atoms with Gasteiger partial charge in [-0.15, -0.1) is 0 Å². The van der Waals surface area contributed by atoms with Crippen LogP contribution in [0.1, 0.15) is 48.5 Å². The van der Waals surface area contributed by atoms with Crippen molar-refractivity contribution in [3.8, 4) is 11.3 Å². The van der Waals surface area contributed by atoms with Crippen molar-refractivity contribution >= 4 is 11.7 Å². The van der Waals surface area contributed by atoms with Crippen molar-refractivity contribution in [3.05, 3.63) is 29.3 Å². The second kappa shape index (κ2) is 6.90. The zero-order valence-corrected chi connectivity index (χ0v) is 15.3. The Morgan fingerprint density at radius 3 is 2.85 bits per heavy atom. The van der Waals surface area contributed by atoms with E-state index in [-0.39, 0.29) is 35.6 Å². The maximum Gasteiger partial charge on any atom is 0.270 e. The molecule has 9 heteroatoms. The minimum Gasteiger partial charge on any atom is -0.363 e. The summed E-state index contributed by atoms with van der Waals surface area (Å²) in [6.07, 6.45) is 7.32. The summed E-state index contributed by atoms with van der Waals surface area (Å²) in [6, 6.07) is -0.0942. The largest absolute Gasteiger partial charge is 0.363 e. The number of fused-ring (bicyclic) bond motifs is 1. The smallest absolute Gasteiger partial charge is 0.270 e. The first kappa shape index (κ1) is 17.9. The number of aromatic nitrogens is 3. The number of aryl methyl sites for hydroxylation is 1. The van der Waals surface area contributed by atoms with Crippen LogP contribution in [-0.4, -0.2) is 37.8 Å². The van der Waals surface area contributed by atoms with E-state index >= 15 is 4.39 Å². The van der Waals surface area contributed by atoms with E-state index in [0.29, 0.717) is 17.8 Å². The van der Waals surface area contributed by atoms with Crippen LogP contribution in [0.4, 0.5) is 10.2 Å². The Labute approximate surface area is 156 Å². The van der Waals surface area contributed by atoms with Crippen LogP contribution in [0.25, 0.3) is 11.3 Å². The van der Waals surface area contributed by atoms with E-state index in [1.54, 1.807) is 17.1 Å². The summed E-state index contributed by atoms with van der Waals surface area (Å²) in [5, 5.41) is 8.44. The number of nitrogens with one attached hydrogen (secondary N) is 1. The number of pyridine rings is 1. The van der Waals surface area contributed by atoms with E-state index < -0.39 is 11.7 Å². The minimum absolute atomic E-state index is 0.0167. The summed E-state index contributed by atoms with van der Waals surface area (Å²) >= 11 is 0. The number of anilines is 1. The van der Waals surface area contributed by atoms with Crippen LogP contribution >= 0.6 is 0 Å². The summed E-state index contributed by atoms with van der Waals surface area (Å²) in [7, 11) is 0. The molecule has 2 aromatic rings. The molecule has 2 aromatic heterocycles. The van der Waals surface area contributed by atoms with Crippen molar-refractivity contribution in [1.82, 2.24) is 19.8 Å². The van der Waals surface area contributed by atoms with Gasteiger partial charge in [-0.2, -0.15) is 5.10 Å². The van der Waals surface area contributed by atoms with Crippen LogP contribution in [0.2, 0.25) is 0 Å². The third-order valence-corrected chi connectivity index (χ3v) is 5.41. The van der Waals surface area contributed by atoms with Gasteiger partial charge in [0.15, 0.2) is 11.6 Å². The van der Waals surface area contributed by atoms with E-state index in [0.717, 1.165) is 30.7 Å². The molecule has 144 valence electrons. The Bertz CT molecular complexity index is 881. The predicted octanol–water partition coefficient (Wildman–Crippen LogP) is 1.62. The Balaban J connectivity index is 1.80. The van der Waals surface area contributed by atoms with Gasteiger partial charge in [0, 0.05) is 36.0 Å².